The quantitative estimate of drug-likeness (QED) is 0.861. The smallest absolute Gasteiger partial charge is 0.229 e. The zero-order valence-electron chi connectivity index (χ0n) is 13.6. The molecule has 0 bridgehead atoms. The lowest BCUT2D eigenvalue weighted by Crippen LogP contribution is -2.38. The molecule has 0 aliphatic carbocycles. The summed E-state index contributed by atoms with van der Waals surface area (Å²) in [6.07, 6.45) is 1.71. The number of benzene rings is 1. The summed E-state index contributed by atoms with van der Waals surface area (Å²) in [5.74, 6) is 1.51. The highest BCUT2D eigenvalue weighted by Crippen LogP contribution is 2.36. The number of ether oxygens (including phenoxy) is 2. The van der Waals surface area contributed by atoms with Gasteiger partial charge in [-0.1, -0.05) is 11.2 Å². The average Bonchev–Trinajstić information content (AvgIpc) is 3.05. The van der Waals surface area contributed by atoms with Crippen LogP contribution in [0.5, 0.6) is 5.75 Å². The molecule has 2 aliphatic rings. The predicted octanol–water partition coefficient (Wildman–Crippen LogP) is 2.89. The molecule has 6 nitrogen and oxygen atoms in total. The molecule has 24 heavy (non-hydrogen) atoms. The van der Waals surface area contributed by atoms with Gasteiger partial charge in [-0.05, 0) is 31.9 Å². The molecular weight excluding hydrogens is 313 g/mol. The van der Waals surface area contributed by atoms with E-state index in [9.17, 15) is 4.39 Å². The first-order valence-electron chi connectivity index (χ1n) is 8.31. The summed E-state index contributed by atoms with van der Waals surface area (Å²) in [6, 6.07) is 4.95. The topological polar surface area (TPSA) is 60.6 Å². The van der Waals surface area contributed by atoms with Crippen molar-refractivity contribution in [2.24, 2.45) is 0 Å². The Morgan fingerprint density at radius 1 is 1.29 bits per heavy atom. The van der Waals surface area contributed by atoms with Crippen LogP contribution < -0.4 is 9.64 Å². The zero-order chi connectivity index (χ0) is 16.5. The second kappa shape index (κ2) is 6.39. The van der Waals surface area contributed by atoms with E-state index in [-0.39, 0.29) is 17.8 Å². The maximum absolute atomic E-state index is 14.0. The summed E-state index contributed by atoms with van der Waals surface area (Å²) >= 11 is 0. The highest BCUT2D eigenvalue weighted by molar-refractivity contribution is 5.60. The lowest BCUT2D eigenvalue weighted by Gasteiger charge is -2.34. The van der Waals surface area contributed by atoms with Gasteiger partial charge in [0.05, 0.1) is 18.8 Å². The molecule has 0 amide bonds. The van der Waals surface area contributed by atoms with Gasteiger partial charge in [0.1, 0.15) is 6.10 Å². The van der Waals surface area contributed by atoms with Crippen molar-refractivity contribution >= 4 is 5.69 Å². The van der Waals surface area contributed by atoms with E-state index in [2.05, 4.69) is 10.1 Å². The maximum atomic E-state index is 14.0. The molecular formula is C17H20FN3O3. The Morgan fingerprint density at radius 3 is 2.96 bits per heavy atom. The first-order valence-corrected chi connectivity index (χ1v) is 8.31. The Bertz CT molecular complexity index is 715. The lowest BCUT2D eigenvalue weighted by atomic mass is 10.0. The SMILES string of the molecule is C[C@@H]1CN(Cc2noc(C3CCOCC3)n2)c2cccc(F)c2O1. The van der Waals surface area contributed by atoms with E-state index in [1.807, 2.05) is 17.9 Å². The number of para-hydroxylation sites is 1. The Labute approximate surface area is 139 Å². The van der Waals surface area contributed by atoms with E-state index in [1.54, 1.807) is 6.07 Å². The van der Waals surface area contributed by atoms with Crippen molar-refractivity contribution in [1.82, 2.24) is 10.1 Å². The fourth-order valence-electron chi connectivity index (χ4n) is 3.27. The summed E-state index contributed by atoms with van der Waals surface area (Å²) in [4.78, 5) is 6.57. The van der Waals surface area contributed by atoms with E-state index in [0.717, 1.165) is 31.7 Å². The summed E-state index contributed by atoms with van der Waals surface area (Å²) in [6.45, 7) is 4.51. The standard InChI is InChI=1S/C17H20FN3O3/c1-11-9-21(14-4-2-3-13(18)16(14)23-11)10-15-19-17(24-20-15)12-5-7-22-8-6-12/h2-4,11-12H,5-10H2,1H3/t11-/m1/s1. The molecule has 0 radical (unpaired) electrons. The molecule has 1 atom stereocenters. The van der Waals surface area contributed by atoms with E-state index in [4.69, 9.17) is 14.0 Å². The number of nitrogens with zero attached hydrogens (tertiary/aromatic N) is 3. The predicted molar refractivity (Wildman–Crippen MR) is 84.6 cm³/mol. The molecule has 1 aromatic carbocycles. The molecule has 1 aromatic heterocycles. The first-order chi connectivity index (χ1) is 11.7. The largest absolute Gasteiger partial charge is 0.484 e. The van der Waals surface area contributed by atoms with Crippen molar-refractivity contribution in [2.45, 2.75) is 38.3 Å². The molecule has 0 unspecified atom stereocenters. The van der Waals surface area contributed by atoms with E-state index >= 15 is 0 Å². The highest BCUT2D eigenvalue weighted by atomic mass is 19.1. The van der Waals surface area contributed by atoms with Crippen LogP contribution in [0.2, 0.25) is 0 Å². The Balaban J connectivity index is 1.53. The maximum Gasteiger partial charge on any atom is 0.229 e. The van der Waals surface area contributed by atoms with Gasteiger partial charge in [-0.15, -0.1) is 0 Å². The highest BCUT2D eigenvalue weighted by Gasteiger charge is 2.28. The minimum absolute atomic E-state index is 0.101. The second-order valence-electron chi connectivity index (χ2n) is 6.33. The molecule has 0 N–H and O–H groups in total. The van der Waals surface area contributed by atoms with Crippen molar-refractivity contribution in [3.63, 3.8) is 0 Å². The zero-order valence-corrected chi connectivity index (χ0v) is 13.6. The van der Waals surface area contributed by atoms with Gasteiger partial charge in [-0.3, -0.25) is 0 Å². The molecule has 1 fully saturated rings. The molecule has 2 aliphatic heterocycles. The van der Waals surface area contributed by atoms with Crippen molar-refractivity contribution in [3.8, 4) is 5.75 Å². The van der Waals surface area contributed by atoms with Crippen LogP contribution in [0, 0.1) is 5.82 Å². The molecule has 128 valence electrons. The normalized spacial score (nSPS) is 21.4. The van der Waals surface area contributed by atoms with Gasteiger partial charge >= 0.3 is 0 Å². The van der Waals surface area contributed by atoms with Crippen molar-refractivity contribution in [3.05, 3.63) is 35.7 Å². The Hall–Kier alpha value is -2.15. The molecule has 0 spiro atoms. The third-order valence-corrected chi connectivity index (χ3v) is 4.47. The van der Waals surface area contributed by atoms with Gasteiger partial charge in [0.25, 0.3) is 0 Å². The third-order valence-electron chi connectivity index (χ3n) is 4.47. The molecule has 7 heteroatoms. The van der Waals surface area contributed by atoms with Crippen LogP contribution in [-0.2, 0) is 11.3 Å². The number of aromatic nitrogens is 2. The van der Waals surface area contributed by atoms with Crippen LogP contribution in [0.4, 0.5) is 10.1 Å². The molecule has 3 heterocycles. The van der Waals surface area contributed by atoms with Gasteiger partial charge in [0.2, 0.25) is 5.89 Å². The van der Waals surface area contributed by atoms with Gasteiger partial charge in [0, 0.05) is 19.1 Å². The monoisotopic (exact) mass is 333 g/mol. The average molecular weight is 333 g/mol. The number of anilines is 1. The van der Waals surface area contributed by atoms with Crippen molar-refractivity contribution < 1.29 is 18.4 Å². The summed E-state index contributed by atoms with van der Waals surface area (Å²) in [5, 5.41) is 4.10. The minimum atomic E-state index is -0.347. The molecule has 0 saturated carbocycles. The van der Waals surface area contributed by atoms with Crippen LogP contribution >= 0.6 is 0 Å². The van der Waals surface area contributed by atoms with Gasteiger partial charge < -0.3 is 18.9 Å². The van der Waals surface area contributed by atoms with Crippen LogP contribution in [-0.4, -0.2) is 36.0 Å². The van der Waals surface area contributed by atoms with Crippen LogP contribution in [0.15, 0.2) is 22.7 Å². The minimum Gasteiger partial charge on any atom is -0.484 e. The first kappa shape index (κ1) is 15.4. The molecule has 2 aromatic rings. The fraction of sp³-hybridized carbons (Fsp3) is 0.529. The van der Waals surface area contributed by atoms with Crippen LogP contribution in [0.3, 0.4) is 0 Å². The number of hydrogen-bond acceptors (Lipinski definition) is 6. The number of halogens is 1. The van der Waals surface area contributed by atoms with E-state index in [0.29, 0.717) is 30.6 Å². The number of hydrogen-bond donors (Lipinski definition) is 0. The van der Waals surface area contributed by atoms with E-state index in [1.165, 1.54) is 6.07 Å². The Kier molecular flexibility index (Phi) is 4.10. The summed E-state index contributed by atoms with van der Waals surface area (Å²) < 4.78 is 30.4. The number of fused-ring (bicyclic) bond motifs is 1. The van der Waals surface area contributed by atoms with Gasteiger partial charge in [-0.25, -0.2) is 4.39 Å². The lowest BCUT2D eigenvalue weighted by molar-refractivity contribution is 0.0778. The third kappa shape index (κ3) is 2.96. The van der Waals surface area contributed by atoms with Gasteiger partial charge in [0.15, 0.2) is 17.4 Å². The number of rotatable bonds is 3. The van der Waals surface area contributed by atoms with Crippen molar-refractivity contribution in [2.75, 3.05) is 24.7 Å². The second-order valence-corrected chi connectivity index (χ2v) is 6.33. The Morgan fingerprint density at radius 2 is 2.12 bits per heavy atom. The van der Waals surface area contributed by atoms with Crippen LogP contribution in [0.1, 0.15) is 37.4 Å². The van der Waals surface area contributed by atoms with E-state index < -0.39 is 0 Å². The van der Waals surface area contributed by atoms with Crippen molar-refractivity contribution in [1.29, 1.82) is 0 Å². The summed E-state index contributed by atoms with van der Waals surface area (Å²) in [5.41, 5.74) is 0.727. The van der Waals surface area contributed by atoms with Crippen LogP contribution in [0.25, 0.3) is 0 Å². The summed E-state index contributed by atoms with van der Waals surface area (Å²) in [7, 11) is 0. The molecule has 1 saturated heterocycles. The fourth-order valence-corrected chi connectivity index (χ4v) is 3.27. The van der Waals surface area contributed by atoms with Gasteiger partial charge in [-0.2, -0.15) is 4.98 Å². The molecule has 4 rings (SSSR count).